The number of carbonyl (C=O) groups is 2. The summed E-state index contributed by atoms with van der Waals surface area (Å²) in [6, 6.07) is 9.68. The van der Waals surface area contributed by atoms with Gasteiger partial charge in [-0.2, -0.15) is 5.10 Å². The highest BCUT2D eigenvalue weighted by Crippen LogP contribution is 2.21. The molecular weight excluding hydrogens is 354 g/mol. The summed E-state index contributed by atoms with van der Waals surface area (Å²) in [5.74, 6) is -0.963. The van der Waals surface area contributed by atoms with Crippen LogP contribution >= 0.6 is 11.6 Å². The van der Waals surface area contributed by atoms with Crippen LogP contribution in [0.15, 0.2) is 30.3 Å². The van der Waals surface area contributed by atoms with Crippen molar-refractivity contribution >= 4 is 23.5 Å². The fourth-order valence-corrected chi connectivity index (χ4v) is 2.81. The maximum Gasteiger partial charge on any atom is 0.343 e. The standard InChI is InChI=1S/C19H24ClN3O3/c1-3-4-8-11-21-16(24)13-26-19(25)17-14(2)22-23(18(17)20)12-15-9-6-5-7-10-15/h5-7,9-10H,3-4,8,11-13H2,1-2H3,(H,21,24). The van der Waals surface area contributed by atoms with Crippen molar-refractivity contribution in [3.63, 3.8) is 0 Å². The lowest BCUT2D eigenvalue weighted by molar-refractivity contribution is -0.124. The van der Waals surface area contributed by atoms with E-state index in [4.69, 9.17) is 16.3 Å². The Labute approximate surface area is 158 Å². The second-order valence-electron chi connectivity index (χ2n) is 6.03. The molecule has 1 amide bonds. The first-order valence-electron chi connectivity index (χ1n) is 8.73. The van der Waals surface area contributed by atoms with Crippen molar-refractivity contribution in [2.45, 2.75) is 39.7 Å². The molecule has 0 unspecified atom stereocenters. The van der Waals surface area contributed by atoms with Crippen molar-refractivity contribution in [2.24, 2.45) is 0 Å². The van der Waals surface area contributed by atoms with E-state index in [-0.39, 0.29) is 23.2 Å². The molecule has 1 aromatic heterocycles. The third kappa shape index (κ3) is 5.59. The van der Waals surface area contributed by atoms with Crippen molar-refractivity contribution in [3.8, 4) is 0 Å². The predicted molar refractivity (Wildman–Crippen MR) is 100 cm³/mol. The molecule has 1 N–H and O–H groups in total. The van der Waals surface area contributed by atoms with E-state index < -0.39 is 5.97 Å². The van der Waals surface area contributed by atoms with Crippen molar-refractivity contribution in [2.75, 3.05) is 13.2 Å². The van der Waals surface area contributed by atoms with Crippen LogP contribution < -0.4 is 5.32 Å². The van der Waals surface area contributed by atoms with E-state index in [1.165, 1.54) is 0 Å². The highest BCUT2D eigenvalue weighted by Gasteiger charge is 2.22. The fourth-order valence-electron chi connectivity index (χ4n) is 2.50. The van der Waals surface area contributed by atoms with Gasteiger partial charge in [0.1, 0.15) is 10.7 Å². The Balaban J connectivity index is 1.93. The lowest BCUT2D eigenvalue weighted by Gasteiger charge is -2.06. The topological polar surface area (TPSA) is 73.2 Å². The third-order valence-electron chi connectivity index (χ3n) is 3.88. The Morgan fingerprint density at radius 2 is 1.96 bits per heavy atom. The van der Waals surface area contributed by atoms with Gasteiger partial charge >= 0.3 is 5.97 Å². The molecule has 2 rings (SSSR count). The summed E-state index contributed by atoms with van der Waals surface area (Å²) in [6.45, 7) is 4.48. The van der Waals surface area contributed by atoms with Gasteiger partial charge in [0.05, 0.1) is 12.2 Å². The van der Waals surface area contributed by atoms with Crippen LogP contribution in [0.25, 0.3) is 0 Å². The molecule has 0 aliphatic rings. The molecule has 6 nitrogen and oxygen atoms in total. The first-order valence-corrected chi connectivity index (χ1v) is 9.11. The smallest absolute Gasteiger partial charge is 0.343 e. The molecule has 0 aliphatic heterocycles. The molecule has 0 aliphatic carbocycles. The summed E-state index contributed by atoms with van der Waals surface area (Å²) in [7, 11) is 0. The van der Waals surface area contributed by atoms with Gasteiger partial charge < -0.3 is 10.1 Å². The largest absolute Gasteiger partial charge is 0.452 e. The molecule has 26 heavy (non-hydrogen) atoms. The van der Waals surface area contributed by atoms with Crippen LogP contribution in [0.4, 0.5) is 0 Å². The summed E-state index contributed by atoms with van der Waals surface area (Å²) in [4.78, 5) is 24.0. The van der Waals surface area contributed by atoms with Gasteiger partial charge in [-0.15, -0.1) is 0 Å². The van der Waals surface area contributed by atoms with E-state index in [0.29, 0.717) is 18.8 Å². The highest BCUT2D eigenvalue weighted by molar-refractivity contribution is 6.32. The fraction of sp³-hybridized carbons (Fsp3) is 0.421. The molecule has 1 aromatic carbocycles. The number of rotatable bonds is 9. The van der Waals surface area contributed by atoms with Gasteiger partial charge in [-0.3, -0.25) is 4.79 Å². The number of hydrogen-bond donors (Lipinski definition) is 1. The summed E-state index contributed by atoms with van der Waals surface area (Å²) in [6.07, 6.45) is 3.04. The third-order valence-corrected chi connectivity index (χ3v) is 4.27. The van der Waals surface area contributed by atoms with Crippen LogP contribution in [0.3, 0.4) is 0 Å². The lowest BCUT2D eigenvalue weighted by Crippen LogP contribution is -2.29. The Kier molecular flexibility index (Phi) is 7.66. The predicted octanol–water partition coefficient (Wildman–Crippen LogP) is 3.36. The molecule has 2 aromatic rings. The number of amides is 1. The van der Waals surface area contributed by atoms with Crippen LogP contribution in [0.5, 0.6) is 0 Å². The van der Waals surface area contributed by atoms with Crippen LogP contribution in [-0.2, 0) is 16.1 Å². The average Bonchev–Trinajstić information content (AvgIpc) is 2.91. The molecule has 0 saturated carbocycles. The quantitative estimate of drug-likeness (QED) is 0.537. The number of carbonyl (C=O) groups excluding carboxylic acids is 2. The number of esters is 1. The minimum atomic E-state index is -0.643. The van der Waals surface area contributed by atoms with E-state index in [0.717, 1.165) is 24.8 Å². The van der Waals surface area contributed by atoms with Crippen LogP contribution in [0.2, 0.25) is 5.15 Å². The first-order chi connectivity index (χ1) is 12.5. The van der Waals surface area contributed by atoms with Gasteiger partial charge in [0, 0.05) is 6.54 Å². The number of aryl methyl sites for hydroxylation is 1. The summed E-state index contributed by atoms with van der Waals surface area (Å²) in [5.41, 5.74) is 1.68. The molecule has 0 saturated heterocycles. The summed E-state index contributed by atoms with van der Waals surface area (Å²) >= 11 is 6.31. The van der Waals surface area contributed by atoms with Gasteiger partial charge in [-0.1, -0.05) is 61.7 Å². The van der Waals surface area contributed by atoms with E-state index in [2.05, 4.69) is 17.3 Å². The van der Waals surface area contributed by atoms with Crippen molar-refractivity contribution in [3.05, 3.63) is 52.3 Å². The Bertz CT molecular complexity index is 744. The van der Waals surface area contributed by atoms with Crippen LogP contribution in [0.1, 0.15) is 47.8 Å². The number of ether oxygens (including phenoxy) is 1. The van der Waals surface area contributed by atoms with Gasteiger partial charge in [-0.25, -0.2) is 9.48 Å². The molecular formula is C19H24ClN3O3. The van der Waals surface area contributed by atoms with Crippen LogP contribution in [-0.4, -0.2) is 34.8 Å². The Morgan fingerprint density at radius 1 is 1.23 bits per heavy atom. The summed E-state index contributed by atoms with van der Waals surface area (Å²) < 4.78 is 6.63. The number of aromatic nitrogens is 2. The lowest BCUT2D eigenvalue weighted by atomic mass is 10.2. The molecule has 140 valence electrons. The van der Waals surface area contributed by atoms with Crippen molar-refractivity contribution in [1.82, 2.24) is 15.1 Å². The number of hydrogen-bond acceptors (Lipinski definition) is 4. The molecule has 0 spiro atoms. The van der Waals surface area contributed by atoms with Crippen molar-refractivity contribution < 1.29 is 14.3 Å². The molecule has 0 bridgehead atoms. The summed E-state index contributed by atoms with van der Waals surface area (Å²) in [5, 5.41) is 7.24. The minimum absolute atomic E-state index is 0.196. The zero-order valence-electron chi connectivity index (χ0n) is 15.1. The zero-order chi connectivity index (χ0) is 18.9. The van der Waals surface area contributed by atoms with E-state index in [9.17, 15) is 9.59 Å². The molecule has 0 radical (unpaired) electrons. The van der Waals surface area contributed by atoms with Gasteiger partial charge in [0.15, 0.2) is 6.61 Å². The average molecular weight is 378 g/mol. The number of unbranched alkanes of at least 4 members (excludes halogenated alkanes) is 2. The number of nitrogens with zero attached hydrogens (tertiary/aromatic N) is 2. The minimum Gasteiger partial charge on any atom is -0.452 e. The SMILES string of the molecule is CCCCCNC(=O)COC(=O)c1c(C)nn(Cc2ccccc2)c1Cl. The Morgan fingerprint density at radius 3 is 2.65 bits per heavy atom. The maximum absolute atomic E-state index is 12.3. The molecule has 1 heterocycles. The second kappa shape index (κ2) is 9.97. The second-order valence-corrected chi connectivity index (χ2v) is 6.39. The van der Waals surface area contributed by atoms with Crippen LogP contribution in [0, 0.1) is 6.92 Å². The monoisotopic (exact) mass is 377 g/mol. The van der Waals surface area contributed by atoms with Crippen molar-refractivity contribution in [1.29, 1.82) is 0 Å². The van der Waals surface area contributed by atoms with E-state index in [1.807, 2.05) is 30.3 Å². The van der Waals surface area contributed by atoms with E-state index in [1.54, 1.807) is 11.6 Å². The zero-order valence-corrected chi connectivity index (χ0v) is 15.9. The molecule has 0 atom stereocenters. The number of nitrogens with one attached hydrogen (secondary N) is 1. The highest BCUT2D eigenvalue weighted by atomic mass is 35.5. The molecule has 0 fully saturated rings. The number of halogens is 1. The van der Waals surface area contributed by atoms with Gasteiger partial charge in [-0.05, 0) is 18.9 Å². The maximum atomic E-state index is 12.3. The van der Waals surface area contributed by atoms with Gasteiger partial charge in [0.25, 0.3) is 5.91 Å². The number of benzene rings is 1. The Hall–Kier alpha value is -2.34. The first kappa shape index (κ1) is 20.0. The van der Waals surface area contributed by atoms with E-state index >= 15 is 0 Å². The normalized spacial score (nSPS) is 10.6. The van der Waals surface area contributed by atoms with Gasteiger partial charge in [0.2, 0.25) is 0 Å². The molecule has 7 heteroatoms.